The molecule has 1 nitrogen and oxygen atoms in total. The van der Waals surface area contributed by atoms with E-state index in [1.807, 2.05) is 11.8 Å². The maximum absolute atomic E-state index is 13.6. The molecule has 1 aliphatic heterocycles. The first kappa shape index (κ1) is 12.7. The minimum absolute atomic E-state index is 0.115. The first-order valence-electron chi connectivity index (χ1n) is 5.79. The molecule has 0 bridgehead atoms. The maximum Gasteiger partial charge on any atom is 0.181 e. The lowest BCUT2D eigenvalue weighted by atomic mass is 9.82. The Balaban J connectivity index is 2.17. The van der Waals surface area contributed by atoms with Crippen molar-refractivity contribution < 1.29 is 8.78 Å². The van der Waals surface area contributed by atoms with E-state index in [2.05, 4.69) is 19.2 Å². The fourth-order valence-corrected chi connectivity index (χ4v) is 3.58. The van der Waals surface area contributed by atoms with E-state index < -0.39 is 11.6 Å². The van der Waals surface area contributed by atoms with Crippen LogP contribution < -0.4 is 5.32 Å². The predicted octanol–water partition coefficient (Wildman–Crippen LogP) is 3.91. The number of benzene rings is 1. The topological polar surface area (TPSA) is 12.0 Å². The molecule has 1 unspecified atom stereocenters. The molecule has 2 rings (SSSR count). The standard InChI is InChI=1S/C13H17F2NS/c1-13(2)6-7-17-8-11(13)16-10-5-3-4-9(14)12(10)15/h3-5,11,16H,6-8H2,1-2H3. The summed E-state index contributed by atoms with van der Waals surface area (Å²) < 4.78 is 26.7. The molecule has 1 aromatic carbocycles. The van der Waals surface area contributed by atoms with Gasteiger partial charge in [0.2, 0.25) is 0 Å². The van der Waals surface area contributed by atoms with Gasteiger partial charge in [-0.25, -0.2) is 8.78 Å². The van der Waals surface area contributed by atoms with Gasteiger partial charge in [-0.2, -0.15) is 11.8 Å². The minimum Gasteiger partial charge on any atom is -0.378 e. The van der Waals surface area contributed by atoms with E-state index in [-0.39, 0.29) is 17.1 Å². The lowest BCUT2D eigenvalue weighted by molar-refractivity contribution is 0.304. The second-order valence-corrected chi connectivity index (χ2v) is 6.26. The van der Waals surface area contributed by atoms with Crippen LogP contribution in [0.5, 0.6) is 0 Å². The molecule has 1 atom stereocenters. The summed E-state index contributed by atoms with van der Waals surface area (Å²) in [7, 11) is 0. The third kappa shape index (κ3) is 2.73. The van der Waals surface area contributed by atoms with Crippen molar-refractivity contribution in [3.63, 3.8) is 0 Å². The molecule has 4 heteroatoms. The van der Waals surface area contributed by atoms with Crippen molar-refractivity contribution in [1.29, 1.82) is 0 Å². The predicted molar refractivity (Wildman–Crippen MR) is 69.5 cm³/mol. The van der Waals surface area contributed by atoms with Gasteiger partial charge in [-0.1, -0.05) is 19.9 Å². The Bertz CT molecular complexity index is 406. The van der Waals surface area contributed by atoms with Gasteiger partial charge < -0.3 is 5.32 Å². The summed E-state index contributed by atoms with van der Waals surface area (Å²) in [5.74, 6) is 0.495. The zero-order valence-corrected chi connectivity index (χ0v) is 10.9. The first-order valence-corrected chi connectivity index (χ1v) is 6.94. The van der Waals surface area contributed by atoms with Crippen LogP contribution >= 0.6 is 11.8 Å². The van der Waals surface area contributed by atoms with Crippen molar-refractivity contribution in [3.05, 3.63) is 29.8 Å². The van der Waals surface area contributed by atoms with Gasteiger partial charge in [0.1, 0.15) is 0 Å². The van der Waals surface area contributed by atoms with Gasteiger partial charge in [0.25, 0.3) is 0 Å². The van der Waals surface area contributed by atoms with Crippen molar-refractivity contribution in [1.82, 2.24) is 0 Å². The third-order valence-corrected chi connectivity index (χ3v) is 4.46. The highest BCUT2D eigenvalue weighted by Gasteiger charge is 2.33. The average molecular weight is 257 g/mol. The summed E-state index contributed by atoms with van der Waals surface area (Å²) >= 11 is 1.86. The highest BCUT2D eigenvalue weighted by atomic mass is 32.2. The molecule has 94 valence electrons. The molecule has 1 aromatic rings. The molecule has 0 aromatic heterocycles. The summed E-state index contributed by atoms with van der Waals surface area (Å²) in [5.41, 5.74) is 0.384. The van der Waals surface area contributed by atoms with Gasteiger partial charge in [-0.15, -0.1) is 0 Å². The van der Waals surface area contributed by atoms with Crippen LogP contribution in [0.25, 0.3) is 0 Å². The number of nitrogens with one attached hydrogen (secondary N) is 1. The Hall–Kier alpha value is -0.770. The highest BCUT2D eigenvalue weighted by molar-refractivity contribution is 7.99. The molecule has 0 amide bonds. The number of thioether (sulfide) groups is 1. The monoisotopic (exact) mass is 257 g/mol. The van der Waals surface area contributed by atoms with Gasteiger partial charge in [0.15, 0.2) is 11.6 Å². The summed E-state index contributed by atoms with van der Waals surface area (Å²) in [6, 6.07) is 4.44. The van der Waals surface area contributed by atoms with E-state index in [0.29, 0.717) is 0 Å². The zero-order valence-electron chi connectivity index (χ0n) is 10.1. The van der Waals surface area contributed by atoms with E-state index in [4.69, 9.17) is 0 Å². The van der Waals surface area contributed by atoms with Crippen molar-refractivity contribution in [2.24, 2.45) is 5.41 Å². The van der Waals surface area contributed by atoms with Crippen LogP contribution in [0.4, 0.5) is 14.5 Å². The molecule has 1 aliphatic rings. The summed E-state index contributed by atoms with van der Waals surface area (Å²) in [4.78, 5) is 0. The summed E-state index contributed by atoms with van der Waals surface area (Å²) in [6.07, 6.45) is 1.09. The Kier molecular flexibility index (Phi) is 3.61. The number of rotatable bonds is 2. The zero-order chi connectivity index (χ0) is 12.5. The van der Waals surface area contributed by atoms with Gasteiger partial charge in [-0.3, -0.25) is 0 Å². The van der Waals surface area contributed by atoms with E-state index in [1.165, 1.54) is 6.07 Å². The van der Waals surface area contributed by atoms with E-state index >= 15 is 0 Å². The normalized spacial score (nSPS) is 23.4. The Morgan fingerprint density at radius 1 is 1.35 bits per heavy atom. The van der Waals surface area contributed by atoms with Crippen molar-refractivity contribution >= 4 is 17.4 Å². The molecule has 1 N–H and O–H groups in total. The van der Waals surface area contributed by atoms with Crippen molar-refractivity contribution in [2.75, 3.05) is 16.8 Å². The van der Waals surface area contributed by atoms with Crippen LogP contribution in [0.3, 0.4) is 0 Å². The largest absolute Gasteiger partial charge is 0.378 e. The smallest absolute Gasteiger partial charge is 0.181 e. The molecular formula is C13H17F2NS. The fourth-order valence-electron chi connectivity index (χ4n) is 1.98. The molecule has 0 spiro atoms. The van der Waals surface area contributed by atoms with Crippen LogP contribution in [-0.2, 0) is 0 Å². The van der Waals surface area contributed by atoms with Gasteiger partial charge in [0, 0.05) is 11.8 Å². The van der Waals surface area contributed by atoms with Crippen molar-refractivity contribution in [2.45, 2.75) is 26.3 Å². The molecule has 1 saturated heterocycles. The highest BCUT2D eigenvalue weighted by Crippen LogP contribution is 2.36. The van der Waals surface area contributed by atoms with Crippen LogP contribution in [0.2, 0.25) is 0 Å². The Morgan fingerprint density at radius 2 is 2.12 bits per heavy atom. The Labute approximate surface area is 105 Å². The molecule has 17 heavy (non-hydrogen) atoms. The average Bonchev–Trinajstić information content (AvgIpc) is 2.27. The lowest BCUT2D eigenvalue weighted by Crippen LogP contribution is -2.41. The second-order valence-electron chi connectivity index (χ2n) is 5.11. The van der Waals surface area contributed by atoms with Gasteiger partial charge in [-0.05, 0) is 29.7 Å². The molecule has 1 fully saturated rings. The van der Waals surface area contributed by atoms with Crippen LogP contribution in [0.15, 0.2) is 18.2 Å². The van der Waals surface area contributed by atoms with E-state index in [9.17, 15) is 8.78 Å². The molecule has 0 radical (unpaired) electrons. The molecule has 0 aliphatic carbocycles. The van der Waals surface area contributed by atoms with Gasteiger partial charge in [0.05, 0.1) is 5.69 Å². The van der Waals surface area contributed by atoms with Crippen molar-refractivity contribution in [3.8, 4) is 0 Å². The number of hydrogen-bond donors (Lipinski definition) is 1. The SMILES string of the molecule is CC1(C)CCSCC1Nc1cccc(F)c1F. The second kappa shape index (κ2) is 4.84. The first-order chi connectivity index (χ1) is 8.00. The van der Waals surface area contributed by atoms with Crippen LogP contribution in [0.1, 0.15) is 20.3 Å². The van der Waals surface area contributed by atoms with Gasteiger partial charge >= 0.3 is 0 Å². The summed E-state index contributed by atoms with van der Waals surface area (Å²) in [6.45, 7) is 4.34. The molecule has 1 heterocycles. The Morgan fingerprint density at radius 3 is 2.82 bits per heavy atom. The number of halogens is 2. The van der Waals surface area contributed by atoms with Crippen LogP contribution in [-0.4, -0.2) is 17.5 Å². The molecule has 0 saturated carbocycles. The van der Waals surface area contributed by atoms with E-state index in [0.717, 1.165) is 24.0 Å². The fraction of sp³-hybridized carbons (Fsp3) is 0.538. The third-order valence-electron chi connectivity index (χ3n) is 3.40. The number of anilines is 1. The lowest BCUT2D eigenvalue weighted by Gasteiger charge is -2.39. The van der Waals surface area contributed by atoms with E-state index in [1.54, 1.807) is 6.07 Å². The quantitative estimate of drug-likeness (QED) is 0.862. The van der Waals surface area contributed by atoms with Crippen LogP contribution in [0, 0.1) is 17.0 Å². The maximum atomic E-state index is 13.6. The number of hydrogen-bond acceptors (Lipinski definition) is 2. The molecular weight excluding hydrogens is 240 g/mol. The summed E-state index contributed by atoms with van der Waals surface area (Å²) in [5, 5.41) is 3.14. The minimum atomic E-state index is -0.795.